The van der Waals surface area contributed by atoms with Crippen molar-refractivity contribution in [1.82, 2.24) is 9.88 Å². The lowest BCUT2D eigenvalue weighted by molar-refractivity contribution is -0.119. The number of carbonyl (C=O) groups excluding carboxylic acids is 2. The Bertz CT molecular complexity index is 722. The van der Waals surface area contributed by atoms with Crippen molar-refractivity contribution >= 4 is 39.2 Å². The first-order valence-electron chi connectivity index (χ1n) is 7.58. The Balaban J connectivity index is 1.71. The maximum Gasteiger partial charge on any atom is 0.239 e. The molecule has 25 heavy (non-hydrogen) atoms. The fourth-order valence-electron chi connectivity index (χ4n) is 2.01. The van der Waals surface area contributed by atoms with Crippen LogP contribution in [0.1, 0.15) is 6.42 Å². The van der Waals surface area contributed by atoms with Crippen LogP contribution in [0.25, 0.3) is 0 Å². The quantitative estimate of drug-likeness (QED) is 0.738. The highest BCUT2D eigenvalue weighted by molar-refractivity contribution is 9.10. The van der Waals surface area contributed by atoms with Gasteiger partial charge in [-0.2, -0.15) is 0 Å². The predicted molar refractivity (Wildman–Crippen MR) is 97.7 cm³/mol. The second kappa shape index (κ2) is 9.24. The van der Waals surface area contributed by atoms with E-state index >= 15 is 0 Å². The van der Waals surface area contributed by atoms with E-state index in [1.807, 2.05) is 0 Å². The SMILES string of the molecule is CN(CCC(=O)Nc1ccc(F)cc1)CC(=O)Nc1ccc(Br)cn1. The molecule has 1 aromatic carbocycles. The molecule has 0 saturated heterocycles. The van der Waals surface area contributed by atoms with Gasteiger partial charge in [-0.15, -0.1) is 0 Å². The monoisotopic (exact) mass is 408 g/mol. The molecule has 2 rings (SSSR count). The number of rotatable bonds is 7. The van der Waals surface area contributed by atoms with Gasteiger partial charge >= 0.3 is 0 Å². The first kappa shape index (κ1) is 19.0. The summed E-state index contributed by atoms with van der Waals surface area (Å²) in [5, 5.41) is 5.36. The lowest BCUT2D eigenvalue weighted by atomic mass is 10.3. The molecule has 0 fully saturated rings. The Morgan fingerprint density at radius 2 is 1.84 bits per heavy atom. The second-order valence-electron chi connectivity index (χ2n) is 5.45. The van der Waals surface area contributed by atoms with Gasteiger partial charge in [0.1, 0.15) is 11.6 Å². The van der Waals surface area contributed by atoms with Gasteiger partial charge in [0.25, 0.3) is 0 Å². The number of hydrogen-bond donors (Lipinski definition) is 2. The first-order valence-corrected chi connectivity index (χ1v) is 8.37. The Hall–Kier alpha value is -2.32. The number of anilines is 2. The standard InChI is InChI=1S/C17H18BrFN4O2/c1-23(11-17(25)22-15-7-2-12(18)10-20-15)9-8-16(24)21-14-5-3-13(19)4-6-14/h2-7,10H,8-9,11H2,1H3,(H,21,24)(H,20,22,25). The summed E-state index contributed by atoms with van der Waals surface area (Å²) in [5.74, 6) is -0.302. The maximum atomic E-state index is 12.8. The van der Waals surface area contributed by atoms with Crippen LogP contribution in [0.4, 0.5) is 15.9 Å². The van der Waals surface area contributed by atoms with Gasteiger partial charge in [-0.25, -0.2) is 9.37 Å². The number of nitrogens with zero attached hydrogens (tertiary/aromatic N) is 2. The van der Waals surface area contributed by atoms with Crippen molar-refractivity contribution < 1.29 is 14.0 Å². The largest absolute Gasteiger partial charge is 0.326 e. The molecule has 0 aliphatic carbocycles. The molecule has 0 bridgehead atoms. The third kappa shape index (κ3) is 6.98. The molecule has 0 aliphatic rings. The highest BCUT2D eigenvalue weighted by Crippen LogP contribution is 2.10. The number of hydrogen-bond acceptors (Lipinski definition) is 4. The fraction of sp³-hybridized carbons (Fsp3) is 0.235. The third-order valence-corrected chi connectivity index (χ3v) is 3.73. The molecule has 0 aliphatic heterocycles. The Labute approximate surface area is 153 Å². The molecule has 2 amide bonds. The van der Waals surface area contributed by atoms with Crippen LogP contribution in [0.5, 0.6) is 0 Å². The summed E-state index contributed by atoms with van der Waals surface area (Å²) in [7, 11) is 1.75. The molecule has 0 unspecified atom stereocenters. The molecule has 1 heterocycles. The summed E-state index contributed by atoms with van der Waals surface area (Å²) in [6.45, 7) is 0.551. The predicted octanol–water partition coefficient (Wildman–Crippen LogP) is 2.88. The van der Waals surface area contributed by atoms with E-state index in [0.717, 1.165) is 4.47 Å². The van der Waals surface area contributed by atoms with Gasteiger partial charge in [0.15, 0.2) is 0 Å². The number of aromatic nitrogens is 1. The molecule has 0 radical (unpaired) electrons. The van der Waals surface area contributed by atoms with E-state index in [4.69, 9.17) is 0 Å². The van der Waals surface area contributed by atoms with Crippen molar-refractivity contribution in [3.05, 3.63) is 52.9 Å². The molecule has 0 saturated carbocycles. The molecule has 2 N–H and O–H groups in total. The third-order valence-electron chi connectivity index (χ3n) is 3.26. The van der Waals surface area contributed by atoms with Gasteiger partial charge in [0.05, 0.1) is 6.54 Å². The summed E-state index contributed by atoms with van der Waals surface area (Å²) in [6, 6.07) is 9.03. The minimum atomic E-state index is -0.357. The van der Waals surface area contributed by atoms with Crippen LogP contribution in [0.15, 0.2) is 47.1 Å². The Morgan fingerprint density at radius 1 is 1.12 bits per heavy atom. The number of nitrogens with one attached hydrogen (secondary N) is 2. The maximum absolute atomic E-state index is 12.8. The van der Waals surface area contributed by atoms with Crippen molar-refractivity contribution in [2.75, 3.05) is 30.8 Å². The van der Waals surface area contributed by atoms with E-state index in [-0.39, 0.29) is 30.6 Å². The summed E-state index contributed by atoms with van der Waals surface area (Å²) in [6.07, 6.45) is 1.82. The van der Waals surface area contributed by atoms with E-state index in [2.05, 4.69) is 31.5 Å². The Morgan fingerprint density at radius 3 is 2.48 bits per heavy atom. The van der Waals surface area contributed by atoms with Gasteiger partial charge in [-0.3, -0.25) is 14.5 Å². The van der Waals surface area contributed by atoms with E-state index < -0.39 is 0 Å². The number of carbonyl (C=O) groups is 2. The zero-order chi connectivity index (χ0) is 18.2. The summed E-state index contributed by atoms with van der Waals surface area (Å²) in [4.78, 5) is 29.6. The van der Waals surface area contributed by atoms with Crippen LogP contribution < -0.4 is 10.6 Å². The van der Waals surface area contributed by atoms with Crippen molar-refractivity contribution in [2.24, 2.45) is 0 Å². The normalized spacial score (nSPS) is 10.6. The average Bonchev–Trinajstić information content (AvgIpc) is 2.57. The first-order chi connectivity index (χ1) is 11.9. The van der Waals surface area contributed by atoms with E-state index in [9.17, 15) is 14.0 Å². The summed E-state index contributed by atoms with van der Waals surface area (Å²) >= 11 is 3.27. The van der Waals surface area contributed by atoms with E-state index in [0.29, 0.717) is 18.1 Å². The van der Waals surface area contributed by atoms with Crippen LogP contribution in [0.2, 0.25) is 0 Å². The molecule has 132 valence electrons. The van der Waals surface area contributed by atoms with Crippen LogP contribution in [-0.2, 0) is 9.59 Å². The van der Waals surface area contributed by atoms with Crippen molar-refractivity contribution in [3.63, 3.8) is 0 Å². The zero-order valence-electron chi connectivity index (χ0n) is 13.6. The number of likely N-dealkylation sites (N-methyl/N-ethyl adjacent to an activating group) is 1. The van der Waals surface area contributed by atoms with Crippen molar-refractivity contribution in [3.8, 4) is 0 Å². The Kier molecular flexibility index (Phi) is 7.03. The van der Waals surface area contributed by atoms with Gasteiger partial charge < -0.3 is 10.6 Å². The lowest BCUT2D eigenvalue weighted by Crippen LogP contribution is -2.32. The highest BCUT2D eigenvalue weighted by Gasteiger charge is 2.10. The summed E-state index contributed by atoms with van der Waals surface area (Å²) in [5.41, 5.74) is 0.535. The second-order valence-corrected chi connectivity index (χ2v) is 6.37. The van der Waals surface area contributed by atoms with Crippen molar-refractivity contribution in [1.29, 1.82) is 0 Å². The number of pyridine rings is 1. The lowest BCUT2D eigenvalue weighted by Gasteiger charge is -2.16. The van der Waals surface area contributed by atoms with Crippen molar-refractivity contribution in [2.45, 2.75) is 6.42 Å². The van der Waals surface area contributed by atoms with Crippen LogP contribution in [0.3, 0.4) is 0 Å². The number of halogens is 2. The molecular formula is C17H18BrFN4O2. The summed E-state index contributed by atoms with van der Waals surface area (Å²) < 4.78 is 13.6. The van der Waals surface area contributed by atoms with Gasteiger partial charge in [-0.1, -0.05) is 0 Å². The molecule has 2 aromatic rings. The zero-order valence-corrected chi connectivity index (χ0v) is 15.2. The number of amides is 2. The van der Waals surface area contributed by atoms with Crippen LogP contribution >= 0.6 is 15.9 Å². The van der Waals surface area contributed by atoms with Gasteiger partial charge in [0.2, 0.25) is 11.8 Å². The molecule has 6 nitrogen and oxygen atoms in total. The van der Waals surface area contributed by atoms with Crippen LogP contribution in [-0.4, -0.2) is 41.8 Å². The minimum absolute atomic E-state index is 0.140. The van der Waals surface area contributed by atoms with E-state index in [1.165, 1.54) is 24.3 Å². The molecule has 1 aromatic heterocycles. The minimum Gasteiger partial charge on any atom is -0.326 e. The average molecular weight is 409 g/mol. The molecule has 8 heteroatoms. The topological polar surface area (TPSA) is 74.3 Å². The molecule has 0 atom stereocenters. The van der Waals surface area contributed by atoms with E-state index in [1.54, 1.807) is 30.3 Å². The molecule has 0 spiro atoms. The number of benzene rings is 1. The molecular weight excluding hydrogens is 391 g/mol. The highest BCUT2D eigenvalue weighted by atomic mass is 79.9. The van der Waals surface area contributed by atoms with Gasteiger partial charge in [-0.05, 0) is 59.4 Å². The van der Waals surface area contributed by atoms with Gasteiger partial charge in [0, 0.05) is 29.3 Å². The smallest absolute Gasteiger partial charge is 0.239 e. The van der Waals surface area contributed by atoms with Crippen LogP contribution in [0, 0.1) is 5.82 Å². The fourth-order valence-corrected chi connectivity index (χ4v) is 2.24.